The molecule has 2 aliphatic heterocycles. The molecular formula is C22H42N3O5PS. The minimum atomic E-state index is -3.81. The van der Waals surface area contributed by atoms with Gasteiger partial charge >= 0.3 is 13.6 Å². The SMILES string of the molecule is O=C(CCCC[C@@H]1SC[C@@H]2NC(=O)N[C@@H]21)NCCCCCCCCCCCCP(=O)(O)O. The van der Waals surface area contributed by atoms with E-state index in [1.165, 1.54) is 25.7 Å². The molecule has 0 aromatic heterocycles. The lowest BCUT2D eigenvalue weighted by atomic mass is 10.0. The molecule has 32 heavy (non-hydrogen) atoms. The number of thioether (sulfide) groups is 1. The summed E-state index contributed by atoms with van der Waals surface area (Å²) in [4.78, 5) is 41.0. The van der Waals surface area contributed by atoms with Crippen LogP contribution in [-0.4, -0.2) is 57.5 Å². The Morgan fingerprint density at radius 3 is 2.22 bits per heavy atom. The van der Waals surface area contributed by atoms with Gasteiger partial charge in [-0.2, -0.15) is 11.8 Å². The van der Waals surface area contributed by atoms with Crippen LogP contribution < -0.4 is 16.0 Å². The van der Waals surface area contributed by atoms with Crippen molar-refractivity contribution in [3.8, 4) is 0 Å². The standard InChI is InChI=1S/C22H42N3O5PS/c26-20(14-10-9-13-19-21-18(17-32-19)24-22(27)25-21)23-15-11-7-5-3-1-2-4-6-8-12-16-31(28,29)30/h18-19,21H,1-17H2,(H,23,26)(H2,24,25,27)(H2,28,29,30)/t18-,19-,21-/m0/s1. The summed E-state index contributed by atoms with van der Waals surface area (Å²) in [5, 5.41) is 9.47. The molecule has 8 nitrogen and oxygen atoms in total. The normalized spacial score (nSPS) is 22.4. The van der Waals surface area contributed by atoms with E-state index in [-0.39, 0.29) is 30.2 Å². The first kappa shape index (κ1) is 27.5. The Kier molecular flexibility index (Phi) is 13.1. The van der Waals surface area contributed by atoms with Gasteiger partial charge in [0.25, 0.3) is 0 Å². The van der Waals surface area contributed by atoms with Crippen LogP contribution >= 0.6 is 19.4 Å². The number of unbranched alkanes of at least 4 members (excludes halogenated alkanes) is 10. The van der Waals surface area contributed by atoms with E-state index in [2.05, 4.69) is 16.0 Å². The van der Waals surface area contributed by atoms with Crippen molar-refractivity contribution < 1.29 is 23.9 Å². The highest BCUT2D eigenvalue weighted by Gasteiger charge is 2.42. The monoisotopic (exact) mass is 491 g/mol. The maximum absolute atomic E-state index is 12.0. The zero-order chi connectivity index (χ0) is 23.2. The Balaban J connectivity index is 1.30. The summed E-state index contributed by atoms with van der Waals surface area (Å²) in [6.07, 6.45) is 14.3. The summed E-state index contributed by atoms with van der Waals surface area (Å²) in [6.45, 7) is 0.762. The number of carbonyl (C=O) groups excluding carboxylic acids is 2. The van der Waals surface area contributed by atoms with Gasteiger partial charge in [0.05, 0.1) is 12.1 Å². The van der Waals surface area contributed by atoms with Gasteiger partial charge in [0.15, 0.2) is 0 Å². The van der Waals surface area contributed by atoms with Crippen LogP contribution in [0.2, 0.25) is 0 Å². The van der Waals surface area contributed by atoms with Gasteiger partial charge in [-0.1, -0.05) is 57.8 Å². The fraction of sp³-hybridized carbons (Fsp3) is 0.909. The van der Waals surface area contributed by atoms with Crippen LogP contribution in [0.25, 0.3) is 0 Å². The summed E-state index contributed by atoms with van der Waals surface area (Å²) in [5.41, 5.74) is 0. The van der Waals surface area contributed by atoms with E-state index >= 15 is 0 Å². The summed E-state index contributed by atoms with van der Waals surface area (Å²) in [6, 6.07) is 0.480. The van der Waals surface area contributed by atoms with Crippen molar-refractivity contribution in [2.75, 3.05) is 18.5 Å². The van der Waals surface area contributed by atoms with Gasteiger partial charge in [0.2, 0.25) is 5.91 Å². The number of nitrogens with one attached hydrogen (secondary N) is 3. The lowest BCUT2D eigenvalue weighted by molar-refractivity contribution is -0.121. The molecule has 0 saturated carbocycles. The average molecular weight is 492 g/mol. The molecule has 0 spiro atoms. The van der Waals surface area contributed by atoms with Crippen LogP contribution in [0, 0.1) is 0 Å². The van der Waals surface area contributed by atoms with E-state index < -0.39 is 7.60 Å². The first-order chi connectivity index (χ1) is 15.3. The topological polar surface area (TPSA) is 128 Å². The zero-order valence-electron chi connectivity index (χ0n) is 19.2. The second-order valence-corrected chi connectivity index (χ2v) is 12.2. The fourth-order valence-corrected chi connectivity index (χ4v) is 6.63. The average Bonchev–Trinajstić information content (AvgIpc) is 3.27. The van der Waals surface area contributed by atoms with Gasteiger partial charge in [-0.25, -0.2) is 4.79 Å². The largest absolute Gasteiger partial charge is 0.356 e. The Morgan fingerprint density at radius 1 is 0.938 bits per heavy atom. The number of hydrogen-bond acceptors (Lipinski definition) is 4. The molecule has 5 N–H and O–H groups in total. The van der Waals surface area contributed by atoms with Gasteiger partial charge in [-0.05, 0) is 25.7 Å². The van der Waals surface area contributed by atoms with Crippen LogP contribution in [0.5, 0.6) is 0 Å². The van der Waals surface area contributed by atoms with E-state index in [9.17, 15) is 14.2 Å². The molecule has 0 radical (unpaired) electrons. The highest BCUT2D eigenvalue weighted by molar-refractivity contribution is 8.00. The number of carbonyl (C=O) groups is 2. The number of rotatable bonds is 18. The number of fused-ring (bicyclic) bond motifs is 1. The molecule has 2 rings (SSSR count). The molecule has 0 bridgehead atoms. The Hall–Kier alpha value is -0.760. The van der Waals surface area contributed by atoms with Gasteiger partial charge < -0.3 is 25.7 Å². The lowest BCUT2D eigenvalue weighted by Gasteiger charge is -2.16. The van der Waals surface area contributed by atoms with Gasteiger partial charge in [0.1, 0.15) is 0 Å². The van der Waals surface area contributed by atoms with Gasteiger partial charge in [-0.3, -0.25) is 9.36 Å². The Labute approximate surface area is 197 Å². The molecule has 0 unspecified atom stereocenters. The predicted octanol–water partition coefficient (Wildman–Crippen LogP) is 3.91. The third-order valence-corrected chi connectivity index (χ3v) is 8.69. The molecule has 0 aromatic rings. The Morgan fingerprint density at radius 2 is 1.56 bits per heavy atom. The van der Waals surface area contributed by atoms with Gasteiger partial charge in [0, 0.05) is 30.1 Å². The van der Waals surface area contributed by atoms with E-state index in [1.807, 2.05) is 11.8 Å². The molecule has 3 atom stereocenters. The molecule has 3 amide bonds. The second kappa shape index (κ2) is 15.2. The van der Waals surface area contributed by atoms with Crippen molar-refractivity contribution in [3.63, 3.8) is 0 Å². The van der Waals surface area contributed by atoms with Crippen LogP contribution in [0.1, 0.15) is 89.9 Å². The number of amides is 3. The van der Waals surface area contributed by atoms with Crippen molar-refractivity contribution in [1.82, 2.24) is 16.0 Å². The number of hydrogen-bond donors (Lipinski definition) is 5. The fourth-order valence-electron chi connectivity index (χ4n) is 4.45. The van der Waals surface area contributed by atoms with Crippen LogP contribution in [0.15, 0.2) is 0 Å². The third-order valence-electron chi connectivity index (χ3n) is 6.28. The predicted molar refractivity (Wildman–Crippen MR) is 130 cm³/mol. The Bertz CT molecular complexity index is 618. The summed E-state index contributed by atoms with van der Waals surface area (Å²) < 4.78 is 10.8. The maximum Gasteiger partial charge on any atom is 0.325 e. The van der Waals surface area contributed by atoms with Crippen molar-refractivity contribution >= 4 is 31.3 Å². The van der Waals surface area contributed by atoms with Crippen molar-refractivity contribution in [1.29, 1.82) is 0 Å². The summed E-state index contributed by atoms with van der Waals surface area (Å²) in [5.74, 6) is 1.13. The highest BCUT2D eigenvalue weighted by atomic mass is 32.2. The zero-order valence-corrected chi connectivity index (χ0v) is 20.9. The molecule has 2 fully saturated rings. The summed E-state index contributed by atoms with van der Waals surface area (Å²) >= 11 is 1.92. The molecule has 0 aromatic carbocycles. The minimum absolute atomic E-state index is 0.0166. The van der Waals surface area contributed by atoms with Crippen molar-refractivity contribution in [2.45, 2.75) is 107 Å². The highest BCUT2D eigenvalue weighted by Crippen LogP contribution is 2.35. The van der Waals surface area contributed by atoms with E-state index in [0.717, 1.165) is 63.7 Å². The quantitative estimate of drug-likeness (QED) is 0.112. The smallest absolute Gasteiger partial charge is 0.325 e. The van der Waals surface area contributed by atoms with Crippen LogP contribution in [0.4, 0.5) is 4.79 Å². The maximum atomic E-state index is 12.0. The number of urea groups is 1. The van der Waals surface area contributed by atoms with Crippen LogP contribution in [0.3, 0.4) is 0 Å². The third kappa shape index (κ3) is 11.9. The van der Waals surface area contributed by atoms with E-state index in [1.54, 1.807) is 0 Å². The molecule has 10 heteroatoms. The minimum Gasteiger partial charge on any atom is -0.356 e. The first-order valence-electron chi connectivity index (χ1n) is 12.3. The molecule has 2 aliphatic rings. The van der Waals surface area contributed by atoms with Crippen molar-refractivity contribution in [2.24, 2.45) is 0 Å². The lowest BCUT2D eigenvalue weighted by Crippen LogP contribution is -2.36. The molecule has 2 saturated heterocycles. The molecule has 0 aliphatic carbocycles. The van der Waals surface area contributed by atoms with Crippen molar-refractivity contribution in [3.05, 3.63) is 0 Å². The van der Waals surface area contributed by atoms with E-state index in [4.69, 9.17) is 9.79 Å². The van der Waals surface area contributed by atoms with Crippen LogP contribution in [-0.2, 0) is 9.36 Å². The first-order valence-corrected chi connectivity index (χ1v) is 15.2. The van der Waals surface area contributed by atoms with Gasteiger partial charge in [-0.15, -0.1) is 0 Å². The van der Waals surface area contributed by atoms with E-state index in [0.29, 0.717) is 18.1 Å². The molecule has 2 heterocycles. The molecular weight excluding hydrogens is 449 g/mol. The summed E-state index contributed by atoms with van der Waals surface area (Å²) in [7, 11) is -3.81. The molecule has 186 valence electrons. The second-order valence-electron chi connectivity index (χ2n) is 9.14.